The zero-order valence-corrected chi connectivity index (χ0v) is 9.48. The molecule has 1 aliphatic heterocycles. The van der Waals surface area contributed by atoms with Gasteiger partial charge in [0, 0.05) is 35.3 Å². The minimum Gasteiger partial charge on any atom is -0.332 e. The topological polar surface area (TPSA) is 43.8 Å². The van der Waals surface area contributed by atoms with E-state index in [1.807, 2.05) is 30.6 Å². The van der Waals surface area contributed by atoms with Crippen LogP contribution < -0.4 is 5.73 Å². The number of imidazole rings is 1. The molecule has 0 fully saturated rings. The van der Waals surface area contributed by atoms with Crippen LogP contribution in [0.2, 0.25) is 5.02 Å². The molecule has 2 N–H and O–H groups in total. The molecule has 4 heteroatoms. The van der Waals surface area contributed by atoms with E-state index in [1.165, 1.54) is 5.69 Å². The van der Waals surface area contributed by atoms with Crippen LogP contribution in [0, 0.1) is 0 Å². The first-order valence-electron chi connectivity index (χ1n) is 5.29. The van der Waals surface area contributed by atoms with E-state index < -0.39 is 0 Å². The van der Waals surface area contributed by atoms with Crippen LogP contribution in [0.5, 0.6) is 0 Å². The van der Waals surface area contributed by atoms with E-state index >= 15 is 0 Å². The van der Waals surface area contributed by atoms with Gasteiger partial charge in [-0.15, -0.1) is 0 Å². The molecule has 1 aliphatic rings. The highest BCUT2D eigenvalue weighted by atomic mass is 35.5. The van der Waals surface area contributed by atoms with Crippen molar-refractivity contribution in [3.63, 3.8) is 0 Å². The largest absolute Gasteiger partial charge is 0.332 e. The second-order valence-corrected chi connectivity index (χ2v) is 4.60. The zero-order chi connectivity index (χ0) is 11.1. The van der Waals surface area contributed by atoms with Gasteiger partial charge in [-0.2, -0.15) is 0 Å². The van der Waals surface area contributed by atoms with Gasteiger partial charge in [-0.25, -0.2) is 4.98 Å². The van der Waals surface area contributed by atoms with Crippen molar-refractivity contribution in [3.05, 3.63) is 41.3 Å². The molecule has 2 heterocycles. The maximum atomic E-state index is 5.93. The molecule has 1 aromatic carbocycles. The highest BCUT2D eigenvalue weighted by Crippen LogP contribution is 2.27. The van der Waals surface area contributed by atoms with Crippen LogP contribution in [-0.2, 0) is 13.0 Å². The van der Waals surface area contributed by atoms with E-state index in [-0.39, 0.29) is 6.04 Å². The number of benzene rings is 1. The van der Waals surface area contributed by atoms with E-state index in [1.54, 1.807) is 0 Å². The Labute approximate surface area is 98.9 Å². The molecule has 1 atom stereocenters. The average molecular weight is 234 g/mol. The molecule has 3 nitrogen and oxygen atoms in total. The molecule has 3 rings (SSSR count). The van der Waals surface area contributed by atoms with Crippen LogP contribution in [0.25, 0.3) is 11.3 Å². The Morgan fingerprint density at radius 3 is 2.81 bits per heavy atom. The number of halogens is 1. The molecule has 0 spiro atoms. The van der Waals surface area contributed by atoms with Crippen molar-refractivity contribution >= 4 is 11.6 Å². The number of hydrogen-bond acceptors (Lipinski definition) is 2. The lowest BCUT2D eigenvalue weighted by Crippen LogP contribution is -2.20. The second kappa shape index (κ2) is 3.61. The summed E-state index contributed by atoms with van der Waals surface area (Å²) >= 11 is 5.87. The molecule has 82 valence electrons. The van der Waals surface area contributed by atoms with Gasteiger partial charge >= 0.3 is 0 Å². The zero-order valence-electron chi connectivity index (χ0n) is 8.73. The van der Waals surface area contributed by atoms with E-state index in [2.05, 4.69) is 9.55 Å². The van der Waals surface area contributed by atoms with E-state index in [9.17, 15) is 0 Å². The summed E-state index contributed by atoms with van der Waals surface area (Å²) in [6.45, 7) is 0.871. The third-order valence-electron chi connectivity index (χ3n) is 2.95. The summed E-state index contributed by atoms with van der Waals surface area (Å²) in [5.74, 6) is 0. The van der Waals surface area contributed by atoms with Gasteiger partial charge in [-0.05, 0) is 12.1 Å². The molecule has 0 saturated heterocycles. The van der Waals surface area contributed by atoms with Gasteiger partial charge in [-0.1, -0.05) is 23.7 Å². The fourth-order valence-electron chi connectivity index (χ4n) is 2.19. The fourth-order valence-corrected chi connectivity index (χ4v) is 2.32. The molecule has 0 bridgehead atoms. The van der Waals surface area contributed by atoms with Crippen LogP contribution in [0.1, 0.15) is 5.69 Å². The summed E-state index contributed by atoms with van der Waals surface area (Å²) in [4.78, 5) is 4.44. The van der Waals surface area contributed by atoms with E-state index in [0.29, 0.717) is 0 Å². The van der Waals surface area contributed by atoms with Gasteiger partial charge in [-0.3, -0.25) is 0 Å². The van der Waals surface area contributed by atoms with Crippen molar-refractivity contribution in [1.82, 2.24) is 9.55 Å². The van der Waals surface area contributed by atoms with Crippen molar-refractivity contribution in [2.75, 3.05) is 0 Å². The second-order valence-electron chi connectivity index (χ2n) is 4.16. The Balaban J connectivity index is 2.05. The predicted octanol–water partition coefficient (Wildman–Crippen LogP) is 2.09. The van der Waals surface area contributed by atoms with Crippen LogP contribution >= 0.6 is 11.6 Å². The number of rotatable bonds is 1. The molecule has 0 radical (unpaired) electrons. The lowest BCUT2D eigenvalue weighted by atomic mass is 10.1. The Morgan fingerprint density at radius 2 is 2.06 bits per heavy atom. The minimum atomic E-state index is 0.226. The van der Waals surface area contributed by atoms with Crippen molar-refractivity contribution in [3.8, 4) is 11.3 Å². The smallest absolute Gasteiger partial charge is 0.0956 e. The predicted molar refractivity (Wildman–Crippen MR) is 64.4 cm³/mol. The first kappa shape index (κ1) is 9.87. The van der Waals surface area contributed by atoms with E-state index in [4.69, 9.17) is 17.3 Å². The summed E-state index contributed by atoms with van der Waals surface area (Å²) < 4.78 is 2.13. The summed E-state index contributed by atoms with van der Waals surface area (Å²) in [5.41, 5.74) is 9.30. The lowest BCUT2D eigenvalue weighted by molar-refractivity contribution is 0.636. The Morgan fingerprint density at radius 1 is 1.31 bits per heavy atom. The molecule has 16 heavy (non-hydrogen) atoms. The molecule has 0 saturated carbocycles. The monoisotopic (exact) mass is 233 g/mol. The molecule has 1 unspecified atom stereocenters. The standard InChI is InChI=1S/C12H12ClN3/c13-9-3-1-8(2-4-9)12-11-5-10(14)6-16(11)7-15-12/h1-4,7,10H,5-6,14H2. The molecular formula is C12H12ClN3. The maximum Gasteiger partial charge on any atom is 0.0956 e. The van der Waals surface area contributed by atoms with Crippen molar-refractivity contribution in [1.29, 1.82) is 0 Å². The molecule has 2 aromatic rings. The highest BCUT2D eigenvalue weighted by molar-refractivity contribution is 6.30. The molecule has 1 aromatic heterocycles. The fraction of sp³-hybridized carbons (Fsp3) is 0.250. The number of fused-ring (bicyclic) bond motifs is 1. The Kier molecular flexibility index (Phi) is 2.23. The third-order valence-corrected chi connectivity index (χ3v) is 3.20. The number of hydrogen-bond donors (Lipinski definition) is 1. The Hall–Kier alpha value is -1.32. The van der Waals surface area contributed by atoms with Crippen molar-refractivity contribution < 1.29 is 0 Å². The normalized spacial score (nSPS) is 18.8. The minimum absolute atomic E-state index is 0.226. The highest BCUT2D eigenvalue weighted by Gasteiger charge is 2.22. The lowest BCUT2D eigenvalue weighted by Gasteiger charge is -2.01. The van der Waals surface area contributed by atoms with Gasteiger partial charge in [0.05, 0.1) is 12.0 Å². The summed E-state index contributed by atoms with van der Waals surface area (Å²) in [6.07, 6.45) is 2.77. The first-order chi connectivity index (χ1) is 7.74. The molecular weight excluding hydrogens is 222 g/mol. The van der Waals surface area contributed by atoms with Gasteiger partial charge in [0.25, 0.3) is 0 Å². The van der Waals surface area contributed by atoms with Gasteiger partial charge in [0.1, 0.15) is 0 Å². The molecule has 0 amide bonds. The van der Waals surface area contributed by atoms with Crippen LogP contribution in [0.4, 0.5) is 0 Å². The third kappa shape index (κ3) is 1.52. The number of nitrogens with two attached hydrogens (primary N) is 1. The van der Waals surface area contributed by atoms with Crippen LogP contribution in [0.3, 0.4) is 0 Å². The Bertz CT molecular complexity index is 516. The average Bonchev–Trinajstić information content (AvgIpc) is 2.78. The van der Waals surface area contributed by atoms with Crippen LogP contribution in [0.15, 0.2) is 30.6 Å². The summed E-state index contributed by atoms with van der Waals surface area (Å²) in [7, 11) is 0. The van der Waals surface area contributed by atoms with E-state index in [0.717, 1.165) is 29.2 Å². The number of aromatic nitrogens is 2. The summed E-state index contributed by atoms with van der Waals surface area (Å²) in [6, 6.07) is 7.99. The van der Waals surface area contributed by atoms with Gasteiger partial charge in [0.2, 0.25) is 0 Å². The SMILES string of the molecule is NC1Cc2c(-c3ccc(Cl)cc3)ncn2C1. The van der Waals surface area contributed by atoms with Crippen molar-refractivity contribution in [2.45, 2.75) is 19.0 Å². The molecule has 0 aliphatic carbocycles. The van der Waals surface area contributed by atoms with Gasteiger partial charge < -0.3 is 10.3 Å². The van der Waals surface area contributed by atoms with Crippen molar-refractivity contribution in [2.24, 2.45) is 5.73 Å². The van der Waals surface area contributed by atoms with Gasteiger partial charge in [0.15, 0.2) is 0 Å². The first-order valence-corrected chi connectivity index (χ1v) is 5.67. The summed E-state index contributed by atoms with van der Waals surface area (Å²) in [5, 5.41) is 0.747. The van der Waals surface area contributed by atoms with Crippen LogP contribution in [-0.4, -0.2) is 15.6 Å². The maximum absolute atomic E-state index is 5.93. The quantitative estimate of drug-likeness (QED) is 0.820. The number of nitrogens with zero attached hydrogens (tertiary/aromatic N) is 2.